The first kappa shape index (κ1) is 16.9. The standard InChI is InChI=1S/C18H16N2O4/c21-17(19-15-9-3-1-4-10-15)23-13-7-8-14-24-18(22)20-16-11-5-2-6-12-16/h1-6,9-12H,13-14H2,(H,19,21)(H,20,22). The van der Waals surface area contributed by atoms with Gasteiger partial charge >= 0.3 is 12.2 Å². The van der Waals surface area contributed by atoms with Crippen LogP contribution in [-0.4, -0.2) is 25.4 Å². The van der Waals surface area contributed by atoms with E-state index in [2.05, 4.69) is 22.5 Å². The van der Waals surface area contributed by atoms with E-state index in [9.17, 15) is 9.59 Å². The summed E-state index contributed by atoms with van der Waals surface area (Å²) in [6, 6.07) is 17.9. The van der Waals surface area contributed by atoms with Gasteiger partial charge in [-0.15, -0.1) is 0 Å². The number of amides is 2. The summed E-state index contributed by atoms with van der Waals surface area (Å²) in [4.78, 5) is 22.9. The lowest BCUT2D eigenvalue weighted by Crippen LogP contribution is -2.14. The molecule has 2 aromatic carbocycles. The highest BCUT2D eigenvalue weighted by molar-refractivity contribution is 5.85. The highest BCUT2D eigenvalue weighted by Gasteiger charge is 2.01. The minimum absolute atomic E-state index is 0.0949. The van der Waals surface area contributed by atoms with Gasteiger partial charge < -0.3 is 9.47 Å². The number of rotatable bonds is 4. The predicted octanol–water partition coefficient (Wildman–Crippen LogP) is 3.49. The summed E-state index contributed by atoms with van der Waals surface area (Å²) in [7, 11) is 0. The van der Waals surface area contributed by atoms with Crippen LogP contribution < -0.4 is 10.6 Å². The Morgan fingerprint density at radius 3 is 1.46 bits per heavy atom. The molecular weight excluding hydrogens is 308 g/mol. The number of para-hydroxylation sites is 2. The van der Waals surface area contributed by atoms with E-state index in [-0.39, 0.29) is 13.2 Å². The number of ether oxygens (including phenoxy) is 2. The molecule has 0 aliphatic rings. The third-order valence-corrected chi connectivity index (χ3v) is 2.72. The Labute approximate surface area is 139 Å². The van der Waals surface area contributed by atoms with Crippen LogP contribution >= 0.6 is 0 Å². The Morgan fingerprint density at radius 1 is 0.708 bits per heavy atom. The predicted molar refractivity (Wildman–Crippen MR) is 90.6 cm³/mol. The number of anilines is 2. The number of benzene rings is 2. The number of carbonyl (C=O) groups excluding carboxylic acids is 2. The van der Waals surface area contributed by atoms with Gasteiger partial charge in [-0.2, -0.15) is 0 Å². The van der Waals surface area contributed by atoms with Crippen LogP contribution in [0.2, 0.25) is 0 Å². The molecule has 0 saturated carbocycles. The lowest BCUT2D eigenvalue weighted by molar-refractivity contribution is 0.173. The zero-order valence-electron chi connectivity index (χ0n) is 12.8. The molecule has 0 aliphatic carbocycles. The summed E-state index contributed by atoms with van der Waals surface area (Å²) >= 11 is 0. The Bertz CT molecular complexity index is 659. The quantitative estimate of drug-likeness (QED) is 0.844. The summed E-state index contributed by atoms with van der Waals surface area (Å²) < 4.78 is 9.74. The molecule has 24 heavy (non-hydrogen) atoms. The molecule has 2 aromatic rings. The highest BCUT2D eigenvalue weighted by atomic mass is 16.6. The van der Waals surface area contributed by atoms with Gasteiger partial charge in [0.25, 0.3) is 0 Å². The van der Waals surface area contributed by atoms with Gasteiger partial charge in [0.15, 0.2) is 13.2 Å². The fourth-order valence-corrected chi connectivity index (χ4v) is 1.66. The van der Waals surface area contributed by atoms with Crippen molar-refractivity contribution in [3.05, 3.63) is 60.7 Å². The number of hydrogen-bond acceptors (Lipinski definition) is 4. The smallest absolute Gasteiger partial charge is 0.412 e. The number of hydrogen-bond donors (Lipinski definition) is 2. The second kappa shape index (κ2) is 9.54. The zero-order valence-corrected chi connectivity index (χ0v) is 12.8. The third kappa shape index (κ3) is 6.54. The molecule has 0 unspecified atom stereocenters. The van der Waals surface area contributed by atoms with Gasteiger partial charge in [0.2, 0.25) is 0 Å². The molecule has 0 aliphatic heterocycles. The van der Waals surface area contributed by atoms with E-state index < -0.39 is 12.2 Å². The van der Waals surface area contributed by atoms with Gasteiger partial charge in [0, 0.05) is 11.4 Å². The van der Waals surface area contributed by atoms with Crippen LogP contribution in [0.1, 0.15) is 0 Å². The van der Waals surface area contributed by atoms with E-state index in [1.165, 1.54) is 0 Å². The minimum atomic E-state index is -0.599. The molecule has 0 atom stereocenters. The molecule has 122 valence electrons. The highest BCUT2D eigenvalue weighted by Crippen LogP contribution is 2.05. The van der Waals surface area contributed by atoms with Gasteiger partial charge in [-0.05, 0) is 24.3 Å². The van der Waals surface area contributed by atoms with Gasteiger partial charge in [0.05, 0.1) is 0 Å². The Morgan fingerprint density at radius 2 is 1.08 bits per heavy atom. The molecule has 0 bridgehead atoms. The van der Waals surface area contributed by atoms with Crippen molar-refractivity contribution in [2.45, 2.75) is 0 Å². The first-order valence-corrected chi connectivity index (χ1v) is 7.17. The minimum Gasteiger partial charge on any atom is -0.436 e. The molecule has 0 radical (unpaired) electrons. The largest absolute Gasteiger partial charge is 0.436 e. The van der Waals surface area contributed by atoms with Crippen molar-refractivity contribution in [3.63, 3.8) is 0 Å². The SMILES string of the molecule is O=C(Nc1ccccc1)OCC#CCOC(=O)Nc1ccccc1. The Kier molecular flexibility index (Phi) is 6.72. The van der Waals surface area contributed by atoms with E-state index in [0.717, 1.165) is 0 Å². The lowest BCUT2D eigenvalue weighted by Gasteiger charge is -2.04. The fraction of sp³-hybridized carbons (Fsp3) is 0.111. The maximum Gasteiger partial charge on any atom is 0.412 e. The normalized spacial score (nSPS) is 9.17. The number of nitrogens with one attached hydrogen (secondary N) is 2. The van der Waals surface area contributed by atoms with E-state index in [1.807, 2.05) is 12.1 Å². The molecule has 0 aromatic heterocycles. The Balaban J connectivity index is 1.60. The van der Waals surface area contributed by atoms with Gasteiger partial charge in [-0.25, -0.2) is 9.59 Å². The van der Waals surface area contributed by atoms with E-state index in [0.29, 0.717) is 11.4 Å². The second-order valence-electron chi connectivity index (χ2n) is 4.49. The lowest BCUT2D eigenvalue weighted by atomic mass is 10.3. The molecule has 0 spiro atoms. The summed E-state index contributed by atoms with van der Waals surface area (Å²) in [6.45, 7) is -0.190. The molecule has 6 heteroatoms. The van der Waals surface area contributed by atoms with Crippen LogP contribution in [0.5, 0.6) is 0 Å². The van der Waals surface area contributed by atoms with Crippen molar-refractivity contribution in [1.29, 1.82) is 0 Å². The van der Waals surface area contributed by atoms with Crippen molar-refractivity contribution >= 4 is 23.6 Å². The van der Waals surface area contributed by atoms with Crippen LogP contribution in [0.15, 0.2) is 60.7 Å². The Hall–Kier alpha value is -3.46. The van der Waals surface area contributed by atoms with Gasteiger partial charge in [-0.1, -0.05) is 48.2 Å². The molecule has 0 saturated heterocycles. The summed E-state index contributed by atoms with van der Waals surface area (Å²) in [5.41, 5.74) is 1.27. The molecule has 0 fully saturated rings. The van der Waals surface area contributed by atoms with Crippen LogP contribution in [0.3, 0.4) is 0 Å². The van der Waals surface area contributed by atoms with Crippen molar-refractivity contribution in [2.24, 2.45) is 0 Å². The maximum atomic E-state index is 11.5. The van der Waals surface area contributed by atoms with E-state index in [4.69, 9.17) is 9.47 Å². The molecule has 6 nitrogen and oxygen atoms in total. The number of carbonyl (C=O) groups is 2. The fourth-order valence-electron chi connectivity index (χ4n) is 1.66. The van der Waals surface area contributed by atoms with Crippen molar-refractivity contribution < 1.29 is 19.1 Å². The van der Waals surface area contributed by atoms with Crippen molar-refractivity contribution in [1.82, 2.24) is 0 Å². The molecule has 0 heterocycles. The van der Waals surface area contributed by atoms with E-state index >= 15 is 0 Å². The zero-order chi connectivity index (χ0) is 17.0. The molecule has 2 N–H and O–H groups in total. The third-order valence-electron chi connectivity index (χ3n) is 2.72. The van der Waals surface area contributed by atoms with Crippen LogP contribution in [-0.2, 0) is 9.47 Å². The first-order chi connectivity index (χ1) is 11.7. The molecular formula is C18H16N2O4. The monoisotopic (exact) mass is 324 g/mol. The summed E-state index contributed by atoms with van der Waals surface area (Å²) in [5, 5.41) is 5.11. The molecule has 2 rings (SSSR count). The van der Waals surface area contributed by atoms with Gasteiger partial charge in [-0.3, -0.25) is 10.6 Å². The van der Waals surface area contributed by atoms with E-state index in [1.54, 1.807) is 48.5 Å². The maximum absolute atomic E-state index is 11.5. The second-order valence-corrected chi connectivity index (χ2v) is 4.49. The topological polar surface area (TPSA) is 76.7 Å². The van der Waals surface area contributed by atoms with Crippen LogP contribution in [0.25, 0.3) is 0 Å². The summed E-state index contributed by atoms with van der Waals surface area (Å²) in [6.07, 6.45) is -1.20. The van der Waals surface area contributed by atoms with Crippen molar-refractivity contribution in [3.8, 4) is 11.8 Å². The van der Waals surface area contributed by atoms with Crippen LogP contribution in [0, 0.1) is 11.8 Å². The average Bonchev–Trinajstić information content (AvgIpc) is 2.60. The average molecular weight is 324 g/mol. The van der Waals surface area contributed by atoms with Crippen LogP contribution in [0.4, 0.5) is 21.0 Å². The van der Waals surface area contributed by atoms with Crippen molar-refractivity contribution in [2.75, 3.05) is 23.8 Å². The molecule has 2 amide bonds. The van der Waals surface area contributed by atoms with Gasteiger partial charge in [0.1, 0.15) is 0 Å². The first-order valence-electron chi connectivity index (χ1n) is 7.17. The summed E-state index contributed by atoms with van der Waals surface area (Å²) in [5.74, 6) is 5.17.